The first-order chi connectivity index (χ1) is 5.07. The van der Waals surface area contributed by atoms with E-state index in [-0.39, 0.29) is 18.4 Å². The third-order valence-corrected chi connectivity index (χ3v) is 1.59. The SMILES string of the molecule is CCC(N)CC=C(C)C(=O)O.Cl. The lowest BCUT2D eigenvalue weighted by Gasteiger charge is -2.03. The van der Waals surface area contributed by atoms with Crippen molar-refractivity contribution in [2.75, 3.05) is 0 Å². The molecule has 1 unspecified atom stereocenters. The van der Waals surface area contributed by atoms with Gasteiger partial charge >= 0.3 is 5.97 Å². The number of rotatable bonds is 4. The van der Waals surface area contributed by atoms with Crippen LogP contribution in [0, 0.1) is 0 Å². The molecular weight excluding hydrogens is 178 g/mol. The molecule has 0 aliphatic carbocycles. The van der Waals surface area contributed by atoms with Gasteiger partial charge in [0.1, 0.15) is 0 Å². The number of aliphatic carboxylic acids is 1. The van der Waals surface area contributed by atoms with Crippen molar-refractivity contribution in [3.63, 3.8) is 0 Å². The predicted molar refractivity (Wildman–Crippen MR) is 51.5 cm³/mol. The van der Waals surface area contributed by atoms with Crippen molar-refractivity contribution in [1.29, 1.82) is 0 Å². The van der Waals surface area contributed by atoms with Gasteiger partial charge in [-0.25, -0.2) is 4.79 Å². The van der Waals surface area contributed by atoms with E-state index in [1.165, 1.54) is 0 Å². The first-order valence-corrected chi connectivity index (χ1v) is 3.73. The molecule has 0 aromatic rings. The largest absolute Gasteiger partial charge is 0.478 e. The molecule has 12 heavy (non-hydrogen) atoms. The van der Waals surface area contributed by atoms with Gasteiger partial charge in [0.05, 0.1) is 0 Å². The van der Waals surface area contributed by atoms with Crippen molar-refractivity contribution < 1.29 is 9.90 Å². The summed E-state index contributed by atoms with van der Waals surface area (Å²) >= 11 is 0. The smallest absolute Gasteiger partial charge is 0.330 e. The molecule has 0 fully saturated rings. The second kappa shape index (κ2) is 7.13. The Balaban J connectivity index is 0. The summed E-state index contributed by atoms with van der Waals surface area (Å²) in [6, 6.07) is 0.0873. The molecule has 0 aliphatic rings. The van der Waals surface area contributed by atoms with E-state index in [2.05, 4.69) is 0 Å². The van der Waals surface area contributed by atoms with E-state index in [9.17, 15) is 4.79 Å². The zero-order chi connectivity index (χ0) is 8.85. The number of hydrogen-bond acceptors (Lipinski definition) is 2. The Morgan fingerprint density at radius 1 is 1.67 bits per heavy atom. The lowest BCUT2D eigenvalue weighted by molar-refractivity contribution is -0.132. The third kappa shape index (κ3) is 6.19. The molecule has 0 aliphatic heterocycles. The van der Waals surface area contributed by atoms with Crippen LogP contribution in [0.25, 0.3) is 0 Å². The maximum atomic E-state index is 10.3. The van der Waals surface area contributed by atoms with Gasteiger partial charge in [-0.05, 0) is 19.8 Å². The predicted octanol–water partition coefficient (Wildman–Crippen LogP) is 1.57. The molecule has 4 heteroatoms. The lowest BCUT2D eigenvalue weighted by atomic mass is 10.1. The minimum atomic E-state index is -0.867. The number of carboxylic acids is 1. The van der Waals surface area contributed by atoms with Gasteiger partial charge in [0.25, 0.3) is 0 Å². The Labute approximate surface area is 79.1 Å². The summed E-state index contributed by atoms with van der Waals surface area (Å²) in [7, 11) is 0. The van der Waals surface area contributed by atoms with E-state index >= 15 is 0 Å². The average Bonchev–Trinajstić information content (AvgIpc) is 1.99. The normalized spacial score (nSPS) is 13.4. The number of carboxylic acid groups (broad SMARTS) is 1. The second-order valence-electron chi connectivity index (χ2n) is 2.60. The number of halogens is 1. The first kappa shape index (κ1) is 14.0. The third-order valence-electron chi connectivity index (χ3n) is 1.59. The fourth-order valence-corrected chi connectivity index (χ4v) is 0.582. The van der Waals surface area contributed by atoms with Crippen LogP contribution in [0.4, 0.5) is 0 Å². The molecule has 0 heterocycles. The molecule has 0 saturated heterocycles. The van der Waals surface area contributed by atoms with E-state index in [0.717, 1.165) is 6.42 Å². The van der Waals surface area contributed by atoms with Crippen molar-refractivity contribution in [1.82, 2.24) is 0 Å². The zero-order valence-corrected chi connectivity index (χ0v) is 8.23. The highest BCUT2D eigenvalue weighted by atomic mass is 35.5. The highest BCUT2D eigenvalue weighted by Crippen LogP contribution is 1.99. The minimum absolute atomic E-state index is 0. The lowest BCUT2D eigenvalue weighted by Crippen LogP contribution is -2.17. The fraction of sp³-hybridized carbons (Fsp3) is 0.625. The Kier molecular flexibility index (Phi) is 8.32. The minimum Gasteiger partial charge on any atom is -0.478 e. The van der Waals surface area contributed by atoms with E-state index in [4.69, 9.17) is 10.8 Å². The first-order valence-electron chi connectivity index (χ1n) is 3.73. The molecule has 3 N–H and O–H groups in total. The molecule has 0 spiro atoms. The van der Waals surface area contributed by atoms with Gasteiger partial charge in [0.15, 0.2) is 0 Å². The highest BCUT2D eigenvalue weighted by molar-refractivity contribution is 5.85. The van der Waals surface area contributed by atoms with Gasteiger partial charge in [-0.1, -0.05) is 13.0 Å². The average molecular weight is 194 g/mol. The van der Waals surface area contributed by atoms with Gasteiger partial charge in [-0.3, -0.25) is 0 Å². The van der Waals surface area contributed by atoms with Crippen LogP contribution in [-0.2, 0) is 4.79 Å². The Bertz CT molecular complexity index is 168. The van der Waals surface area contributed by atoms with Crippen LogP contribution in [-0.4, -0.2) is 17.1 Å². The molecule has 0 amide bonds. The maximum absolute atomic E-state index is 10.3. The van der Waals surface area contributed by atoms with Crippen molar-refractivity contribution in [2.24, 2.45) is 5.73 Å². The molecular formula is C8H16ClNO2. The molecule has 0 bridgehead atoms. The Hall–Kier alpha value is -0.540. The quantitative estimate of drug-likeness (QED) is 0.667. The summed E-state index contributed by atoms with van der Waals surface area (Å²) in [6.45, 7) is 3.55. The van der Waals surface area contributed by atoms with E-state index in [0.29, 0.717) is 12.0 Å². The van der Waals surface area contributed by atoms with Crippen LogP contribution < -0.4 is 5.73 Å². The Morgan fingerprint density at radius 2 is 2.17 bits per heavy atom. The van der Waals surface area contributed by atoms with Gasteiger partial charge in [0, 0.05) is 11.6 Å². The van der Waals surface area contributed by atoms with E-state index in [1.807, 2.05) is 6.92 Å². The van der Waals surface area contributed by atoms with Crippen LogP contribution in [0.5, 0.6) is 0 Å². The van der Waals surface area contributed by atoms with E-state index in [1.54, 1.807) is 13.0 Å². The second-order valence-corrected chi connectivity index (χ2v) is 2.60. The van der Waals surface area contributed by atoms with Crippen molar-refractivity contribution >= 4 is 18.4 Å². The van der Waals surface area contributed by atoms with Crippen LogP contribution >= 0.6 is 12.4 Å². The van der Waals surface area contributed by atoms with Crippen LogP contribution in [0.15, 0.2) is 11.6 Å². The summed E-state index contributed by atoms with van der Waals surface area (Å²) in [5, 5.41) is 8.46. The van der Waals surface area contributed by atoms with Crippen LogP contribution in [0.2, 0.25) is 0 Å². The van der Waals surface area contributed by atoms with Gasteiger partial charge in [-0.2, -0.15) is 0 Å². The molecule has 1 atom stereocenters. The van der Waals surface area contributed by atoms with Crippen LogP contribution in [0.3, 0.4) is 0 Å². The monoisotopic (exact) mass is 193 g/mol. The topological polar surface area (TPSA) is 63.3 Å². The van der Waals surface area contributed by atoms with Crippen LogP contribution in [0.1, 0.15) is 26.7 Å². The molecule has 0 aromatic heterocycles. The summed E-state index contributed by atoms with van der Waals surface area (Å²) in [4.78, 5) is 10.3. The molecule has 0 saturated carbocycles. The Morgan fingerprint density at radius 3 is 2.50 bits per heavy atom. The zero-order valence-electron chi connectivity index (χ0n) is 7.41. The van der Waals surface area contributed by atoms with Gasteiger partial charge in [0.2, 0.25) is 0 Å². The van der Waals surface area contributed by atoms with E-state index < -0.39 is 5.97 Å². The van der Waals surface area contributed by atoms with Crippen molar-refractivity contribution in [2.45, 2.75) is 32.7 Å². The fourth-order valence-electron chi connectivity index (χ4n) is 0.582. The standard InChI is InChI=1S/C8H15NO2.ClH/c1-3-7(9)5-4-6(2)8(10)11;/h4,7H,3,5,9H2,1-2H3,(H,10,11);1H. The number of hydrogen-bond donors (Lipinski definition) is 2. The maximum Gasteiger partial charge on any atom is 0.330 e. The van der Waals surface area contributed by atoms with Crippen molar-refractivity contribution in [3.05, 3.63) is 11.6 Å². The molecule has 0 rings (SSSR count). The summed E-state index contributed by atoms with van der Waals surface area (Å²) in [5.41, 5.74) is 5.95. The summed E-state index contributed by atoms with van der Waals surface area (Å²) in [6.07, 6.45) is 3.19. The van der Waals surface area contributed by atoms with Gasteiger partial charge < -0.3 is 10.8 Å². The molecule has 3 nitrogen and oxygen atoms in total. The number of carbonyl (C=O) groups is 1. The van der Waals surface area contributed by atoms with Crippen molar-refractivity contribution in [3.8, 4) is 0 Å². The molecule has 0 aromatic carbocycles. The summed E-state index contributed by atoms with van der Waals surface area (Å²) in [5.74, 6) is -0.867. The number of nitrogens with two attached hydrogens (primary N) is 1. The summed E-state index contributed by atoms with van der Waals surface area (Å²) < 4.78 is 0. The molecule has 0 radical (unpaired) electrons. The molecule has 72 valence electrons. The van der Waals surface area contributed by atoms with Gasteiger partial charge in [-0.15, -0.1) is 12.4 Å². The highest BCUT2D eigenvalue weighted by Gasteiger charge is 2.00.